The summed E-state index contributed by atoms with van der Waals surface area (Å²) in [5, 5.41) is 3.50. The largest absolute Gasteiger partial charge is 0.399 e. The van der Waals surface area contributed by atoms with Crippen LogP contribution in [0.3, 0.4) is 0 Å². The second kappa shape index (κ2) is 4.98. The van der Waals surface area contributed by atoms with Crippen molar-refractivity contribution in [1.29, 1.82) is 0 Å². The molecule has 0 saturated heterocycles. The summed E-state index contributed by atoms with van der Waals surface area (Å²) < 4.78 is 0. The van der Waals surface area contributed by atoms with Crippen molar-refractivity contribution in [3.8, 4) is 0 Å². The Morgan fingerprint density at radius 1 is 1.10 bits per heavy atom. The van der Waals surface area contributed by atoms with E-state index in [9.17, 15) is 0 Å². The molecule has 2 aliphatic rings. The lowest BCUT2D eigenvalue weighted by molar-refractivity contribution is 0.288. The summed E-state index contributed by atoms with van der Waals surface area (Å²) in [6.07, 6.45) is 8.80. The van der Waals surface area contributed by atoms with Crippen molar-refractivity contribution in [2.24, 2.45) is 17.4 Å². The number of hydrogen-bond acceptors (Lipinski definition) is 3. The number of allylic oxidation sites excluding steroid dienone is 2. The van der Waals surface area contributed by atoms with Gasteiger partial charge in [-0.15, -0.1) is 0 Å². The minimum absolute atomic E-state index is 0.424. The van der Waals surface area contributed by atoms with Crippen LogP contribution in [0.15, 0.2) is 42.1 Å². The van der Waals surface area contributed by atoms with Gasteiger partial charge in [-0.2, -0.15) is 0 Å². The lowest BCUT2D eigenvalue weighted by Crippen LogP contribution is -2.61. The van der Waals surface area contributed by atoms with E-state index < -0.39 is 5.66 Å². The van der Waals surface area contributed by atoms with Gasteiger partial charge < -0.3 is 16.8 Å². The third kappa shape index (κ3) is 2.22. The Morgan fingerprint density at radius 2 is 1.75 bits per heavy atom. The Kier molecular flexibility index (Phi) is 3.30. The maximum absolute atomic E-state index is 6.62. The number of rotatable bonds is 2. The van der Waals surface area contributed by atoms with Crippen molar-refractivity contribution < 1.29 is 0 Å². The quantitative estimate of drug-likeness (QED) is 0.773. The van der Waals surface area contributed by atoms with E-state index in [4.69, 9.17) is 11.5 Å². The number of aryl methyl sites for hydroxylation is 1. The molecule has 3 heteroatoms. The van der Waals surface area contributed by atoms with Crippen LogP contribution < -0.4 is 16.8 Å². The minimum atomic E-state index is -0.592. The predicted molar refractivity (Wildman–Crippen MR) is 83.4 cm³/mol. The van der Waals surface area contributed by atoms with E-state index >= 15 is 0 Å². The summed E-state index contributed by atoms with van der Waals surface area (Å²) in [7, 11) is 0. The average Bonchev–Trinajstić information content (AvgIpc) is 2.98. The summed E-state index contributed by atoms with van der Waals surface area (Å²) in [6.45, 7) is 2.09. The smallest absolute Gasteiger partial charge is 0.129 e. The molecule has 0 bridgehead atoms. The topological polar surface area (TPSA) is 64.1 Å². The second-order valence-electron chi connectivity index (χ2n) is 6.04. The van der Waals surface area contributed by atoms with Crippen LogP contribution in [-0.2, 0) is 0 Å². The van der Waals surface area contributed by atoms with Crippen LogP contribution in [0.1, 0.15) is 36.8 Å². The molecular weight excluding hydrogens is 246 g/mol. The van der Waals surface area contributed by atoms with E-state index in [0.29, 0.717) is 5.92 Å². The highest BCUT2D eigenvalue weighted by atomic mass is 15.2. The highest BCUT2D eigenvalue weighted by molar-refractivity contribution is 5.68. The van der Waals surface area contributed by atoms with Gasteiger partial charge in [0.15, 0.2) is 0 Å². The Balaban J connectivity index is 1.90. The van der Waals surface area contributed by atoms with Gasteiger partial charge in [0.2, 0.25) is 0 Å². The number of nitrogens with one attached hydrogen (secondary N) is 1. The molecule has 0 amide bonds. The maximum Gasteiger partial charge on any atom is 0.129 e. The van der Waals surface area contributed by atoms with Crippen molar-refractivity contribution >= 4 is 5.70 Å². The van der Waals surface area contributed by atoms with E-state index in [-0.39, 0.29) is 0 Å². The summed E-state index contributed by atoms with van der Waals surface area (Å²) >= 11 is 0. The molecule has 1 aromatic rings. The first-order chi connectivity index (χ1) is 9.59. The van der Waals surface area contributed by atoms with E-state index in [1.165, 1.54) is 18.4 Å². The first-order valence-corrected chi connectivity index (χ1v) is 7.41. The van der Waals surface area contributed by atoms with Gasteiger partial charge >= 0.3 is 0 Å². The van der Waals surface area contributed by atoms with Crippen molar-refractivity contribution in [1.82, 2.24) is 5.32 Å². The Labute approximate surface area is 120 Å². The Morgan fingerprint density at radius 3 is 2.40 bits per heavy atom. The van der Waals surface area contributed by atoms with Gasteiger partial charge in [-0.3, -0.25) is 0 Å². The zero-order valence-corrected chi connectivity index (χ0v) is 12.0. The molecule has 1 aromatic carbocycles. The number of benzene rings is 1. The highest BCUT2D eigenvalue weighted by Crippen LogP contribution is 2.36. The molecule has 1 aliphatic heterocycles. The van der Waals surface area contributed by atoms with Crippen LogP contribution in [0.2, 0.25) is 0 Å². The predicted octanol–water partition coefficient (Wildman–Crippen LogP) is 2.63. The van der Waals surface area contributed by atoms with E-state index in [0.717, 1.165) is 29.8 Å². The fourth-order valence-electron chi connectivity index (χ4n) is 3.27. The van der Waals surface area contributed by atoms with Crippen molar-refractivity contribution in [3.63, 3.8) is 0 Å². The first kappa shape index (κ1) is 13.3. The number of dihydropyridines is 1. The third-order valence-electron chi connectivity index (χ3n) is 4.61. The normalized spacial score (nSPS) is 26.9. The molecule has 106 valence electrons. The number of hydrogen-bond donors (Lipinski definition) is 3. The van der Waals surface area contributed by atoms with Crippen molar-refractivity contribution in [3.05, 3.63) is 53.2 Å². The van der Waals surface area contributed by atoms with Crippen LogP contribution >= 0.6 is 0 Å². The molecular formula is C17H23N3. The SMILES string of the molecule is Cc1ccc(C2=CC=C(N)C(N)(C3CCCC3)N2)cc1. The highest BCUT2D eigenvalue weighted by Gasteiger charge is 2.40. The van der Waals surface area contributed by atoms with Gasteiger partial charge in [-0.05, 0) is 37.5 Å². The average molecular weight is 269 g/mol. The van der Waals surface area contributed by atoms with Gasteiger partial charge in [-0.1, -0.05) is 42.7 Å². The molecule has 1 aliphatic carbocycles. The fourth-order valence-corrected chi connectivity index (χ4v) is 3.27. The summed E-state index contributed by atoms with van der Waals surface area (Å²) in [5.41, 5.74) is 16.4. The molecule has 1 atom stereocenters. The third-order valence-corrected chi connectivity index (χ3v) is 4.61. The Hall–Kier alpha value is -1.74. The lowest BCUT2D eigenvalue weighted by Gasteiger charge is -2.40. The van der Waals surface area contributed by atoms with Crippen LogP contribution in [-0.4, -0.2) is 5.66 Å². The zero-order valence-electron chi connectivity index (χ0n) is 12.0. The molecule has 1 fully saturated rings. The van der Waals surface area contributed by atoms with Gasteiger partial charge in [0.25, 0.3) is 0 Å². The zero-order chi connectivity index (χ0) is 14.2. The van der Waals surface area contributed by atoms with Gasteiger partial charge in [-0.25, -0.2) is 0 Å². The number of nitrogens with two attached hydrogens (primary N) is 2. The van der Waals surface area contributed by atoms with E-state index in [1.807, 2.05) is 12.2 Å². The summed E-state index contributed by atoms with van der Waals surface area (Å²) in [5.74, 6) is 0.424. The summed E-state index contributed by atoms with van der Waals surface area (Å²) in [4.78, 5) is 0. The molecule has 0 spiro atoms. The molecule has 3 rings (SSSR count). The summed E-state index contributed by atoms with van der Waals surface area (Å²) in [6, 6.07) is 8.48. The van der Waals surface area contributed by atoms with E-state index in [1.54, 1.807) is 0 Å². The monoisotopic (exact) mass is 269 g/mol. The molecule has 0 radical (unpaired) electrons. The van der Waals surface area contributed by atoms with Gasteiger partial charge in [0, 0.05) is 17.3 Å². The van der Waals surface area contributed by atoms with Crippen LogP contribution in [0.25, 0.3) is 5.70 Å². The molecule has 5 N–H and O–H groups in total. The van der Waals surface area contributed by atoms with E-state index in [2.05, 4.69) is 36.5 Å². The lowest BCUT2D eigenvalue weighted by atomic mass is 9.86. The standard InChI is InChI=1S/C17H23N3/c1-12-6-8-13(9-7-12)15-10-11-16(18)17(19,20-15)14-4-2-3-5-14/h6-11,14,20H,2-5,18-19H2,1H3. The molecule has 1 saturated carbocycles. The second-order valence-corrected chi connectivity index (χ2v) is 6.04. The van der Waals surface area contributed by atoms with Gasteiger partial charge in [0.1, 0.15) is 5.66 Å². The van der Waals surface area contributed by atoms with Crippen LogP contribution in [0.5, 0.6) is 0 Å². The van der Waals surface area contributed by atoms with Crippen LogP contribution in [0.4, 0.5) is 0 Å². The van der Waals surface area contributed by atoms with Crippen LogP contribution in [0, 0.1) is 12.8 Å². The minimum Gasteiger partial charge on any atom is -0.399 e. The molecule has 0 aromatic heterocycles. The van der Waals surface area contributed by atoms with Crippen molar-refractivity contribution in [2.75, 3.05) is 0 Å². The van der Waals surface area contributed by atoms with Crippen molar-refractivity contribution in [2.45, 2.75) is 38.3 Å². The first-order valence-electron chi connectivity index (χ1n) is 7.41. The molecule has 3 nitrogen and oxygen atoms in total. The molecule has 20 heavy (non-hydrogen) atoms. The fraction of sp³-hybridized carbons (Fsp3) is 0.412. The Bertz CT molecular complexity index is 550. The van der Waals surface area contributed by atoms with Gasteiger partial charge in [0.05, 0.1) is 0 Å². The molecule has 1 unspecified atom stereocenters. The maximum atomic E-state index is 6.62. The molecule has 1 heterocycles.